The van der Waals surface area contributed by atoms with Gasteiger partial charge in [0.2, 0.25) is 17.7 Å². The van der Waals surface area contributed by atoms with E-state index >= 15 is 0 Å². The number of hydrogen-bond donors (Lipinski definition) is 3. The van der Waals surface area contributed by atoms with Crippen LogP contribution in [0.1, 0.15) is 51.2 Å². The molecule has 4 N–H and O–H groups in total. The standard InChI is InChI=1S/C38H49FN4O4/c1-6-38(40,7-2)23-11-14-35(45)42(4)34(25-28-15-19-31(20-16-28)30-12-9-8-10-13-30)37(47)43(5)33(36(46)41-26-27(3)44)24-29-17-21-32(39)22-18-29/h8-22,27,33-34,44H,6-7,23-26,40H2,1-5H3,(H,41,46)/t27-,33-,34-/m1/s1. The summed E-state index contributed by atoms with van der Waals surface area (Å²) in [6.45, 7) is 5.57. The summed E-state index contributed by atoms with van der Waals surface area (Å²) in [5, 5.41) is 12.5. The Balaban J connectivity index is 1.94. The molecule has 0 aromatic heterocycles. The molecule has 0 heterocycles. The fraction of sp³-hybridized carbons (Fsp3) is 0.395. The van der Waals surface area contributed by atoms with E-state index in [9.17, 15) is 23.9 Å². The molecule has 0 saturated carbocycles. The Labute approximate surface area is 278 Å². The van der Waals surface area contributed by atoms with Gasteiger partial charge in [0.15, 0.2) is 0 Å². The molecule has 3 rings (SSSR count). The van der Waals surface area contributed by atoms with Gasteiger partial charge in [-0.2, -0.15) is 0 Å². The van der Waals surface area contributed by atoms with E-state index in [1.165, 1.54) is 35.1 Å². The smallest absolute Gasteiger partial charge is 0.246 e. The van der Waals surface area contributed by atoms with Gasteiger partial charge in [0.05, 0.1) is 6.10 Å². The average Bonchev–Trinajstić information content (AvgIpc) is 3.08. The SMILES string of the molecule is CCC(N)(CC)CC=CC(=O)N(C)[C@H](Cc1ccc(-c2ccccc2)cc1)C(=O)N(C)[C@H](Cc1ccc(F)cc1)C(=O)NC[C@@H](C)O. The fourth-order valence-electron chi connectivity index (χ4n) is 5.29. The van der Waals surface area contributed by atoms with Gasteiger partial charge in [-0.05, 0) is 66.6 Å². The molecule has 0 aliphatic rings. The molecule has 0 aliphatic heterocycles. The number of aliphatic hydroxyl groups excluding tert-OH is 1. The quantitative estimate of drug-likeness (QED) is 0.192. The summed E-state index contributed by atoms with van der Waals surface area (Å²) in [6, 6.07) is 21.6. The van der Waals surface area contributed by atoms with E-state index in [4.69, 9.17) is 5.73 Å². The molecule has 0 aliphatic carbocycles. The normalized spacial score (nSPS) is 13.5. The average molecular weight is 645 g/mol. The second-order valence-corrected chi connectivity index (χ2v) is 12.3. The molecule has 3 atom stereocenters. The zero-order valence-corrected chi connectivity index (χ0v) is 28.2. The monoisotopic (exact) mass is 644 g/mol. The Morgan fingerprint density at radius 2 is 1.38 bits per heavy atom. The van der Waals surface area contributed by atoms with Gasteiger partial charge in [-0.3, -0.25) is 14.4 Å². The number of carbonyl (C=O) groups is 3. The van der Waals surface area contributed by atoms with E-state index in [-0.39, 0.29) is 25.3 Å². The first-order valence-corrected chi connectivity index (χ1v) is 16.2. The second-order valence-electron chi connectivity index (χ2n) is 12.3. The lowest BCUT2D eigenvalue weighted by Gasteiger charge is -2.34. The largest absolute Gasteiger partial charge is 0.392 e. The molecule has 0 spiro atoms. The number of nitrogens with zero attached hydrogens (tertiary/aromatic N) is 2. The summed E-state index contributed by atoms with van der Waals surface area (Å²) in [4.78, 5) is 44.0. The third-order valence-corrected chi connectivity index (χ3v) is 8.82. The van der Waals surface area contributed by atoms with Crippen LogP contribution in [0.2, 0.25) is 0 Å². The molecule has 0 bridgehead atoms. The Hall–Kier alpha value is -4.34. The predicted molar refractivity (Wildman–Crippen MR) is 185 cm³/mol. The van der Waals surface area contributed by atoms with Crippen LogP contribution in [-0.4, -0.2) is 77.0 Å². The van der Waals surface area contributed by atoms with Gasteiger partial charge in [0.1, 0.15) is 17.9 Å². The minimum Gasteiger partial charge on any atom is -0.392 e. The van der Waals surface area contributed by atoms with E-state index < -0.39 is 41.4 Å². The van der Waals surface area contributed by atoms with E-state index in [1.54, 1.807) is 32.2 Å². The molecule has 3 aromatic rings. The molecule has 3 amide bonds. The van der Waals surface area contributed by atoms with Crippen molar-refractivity contribution in [1.29, 1.82) is 0 Å². The van der Waals surface area contributed by atoms with Crippen molar-refractivity contribution in [1.82, 2.24) is 15.1 Å². The van der Waals surface area contributed by atoms with Crippen LogP contribution in [0.15, 0.2) is 91.0 Å². The number of benzene rings is 3. The van der Waals surface area contributed by atoms with Crippen LogP contribution in [0.3, 0.4) is 0 Å². The van der Waals surface area contributed by atoms with Crippen LogP contribution in [-0.2, 0) is 27.2 Å². The molecule has 9 heteroatoms. The van der Waals surface area contributed by atoms with Crippen molar-refractivity contribution in [3.05, 3.63) is 108 Å². The van der Waals surface area contributed by atoms with Gasteiger partial charge in [-0.25, -0.2) is 4.39 Å². The van der Waals surface area contributed by atoms with Crippen LogP contribution < -0.4 is 11.1 Å². The summed E-state index contributed by atoms with van der Waals surface area (Å²) >= 11 is 0. The Kier molecular flexibility index (Phi) is 13.9. The van der Waals surface area contributed by atoms with Crippen molar-refractivity contribution in [2.45, 2.75) is 76.6 Å². The van der Waals surface area contributed by atoms with E-state index in [2.05, 4.69) is 5.32 Å². The Bertz CT molecular complexity index is 1470. The number of rotatable bonds is 16. The number of aliphatic hydroxyl groups is 1. The summed E-state index contributed by atoms with van der Waals surface area (Å²) in [7, 11) is 3.11. The number of nitrogens with two attached hydrogens (primary N) is 1. The molecular weight excluding hydrogens is 595 g/mol. The summed E-state index contributed by atoms with van der Waals surface area (Å²) in [6.07, 6.45) is 4.77. The topological polar surface area (TPSA) is 116 Å². The Morgan fingerprint density at radius 3 is 1.94 bits per heavy atom. The van der Waals surface area contributed by atoms with Crippen LogP contribution in [0, 0.1) is 5.82 Å². The van der Waals surface area contributed by atoms with Gasteiger partial charge in [-0.15, -0.1) is 0 Å². The van der Waals surface area contributed by atoms with Crippen LogP contribution >= 0.6 is 0 Å². The lowest BCUT2D eigenvalue weighted by Crippen LogP contribution is -2.56. The van der Waals surface area contributed by atoms with Crippen LogP contribution in [0.4, 0.5) is 4.39 Å². The van der Waals surface area contributed by atoms with E-state index in [0.29, 0.717) is 12.0 Å². The predicted octanol–water partition coefficient (Wildman–Crippen LogP) is 4.89. The number of carbonyl (C=O) groups excluding carboxylic acids is 3. The molecular formula is C38H49FN4O4. The maximum absolute atomic E-state index is 14.3. The van der Waals surface area contributed by atoms with Crippen molar-refractivity contribution >= 4 is 17.7 Å². The van der Waals surface area contributed by atoms with Crippen molar-refractivity contribution in [3.63, 3.8) is 0 Å². The van der Waals surface area contributed by atoms with E-state index in [1.807, 2.05) is 68.4 Å². The lowest BCUT2D eigenvalue weighted by molar-refractivity contribution is -0.146. The molecule has 3 aromatic carbocycles. The highest BCUT2D eigenvalue weighted by molar-refractivity contribution is 5.95. The maximum Gasteiger partial charge on any atom is 0.246 e. The molecule has 0 fully saturated rings. The van der Waals surface area contributed by atoms with Crippen molar-refractivity contribution < 1.29 is 23.9 Å². The summed E-state index contributed by atoms with van der Waals surface area (Å²) in [5.74, 6) is -1.68. The van der Waals surface area contributed by atoms with Gasteiger partial charge in [-0.1, -0.05) is 86.7 Å². The van der Waals surface area contributed by atoms with Crippen LogP contribution in [0.25, 0.3) is 11.1 Å². The first-order chi connectivity index (χ1) is 22.4. The lowest BCUT2D eigenvalue weighted by atomic mass is 9.90. The molecule has 0 saturated heterocycles. The highest BCUT2D eigenvalue weighted by atomic mass is 19.1. The molecule has 0 radical (unpaired) electrons. The molecule has 47 heavy (non-hydrogen) atoms. The molecule has 252 valence electrons. The summed E-state index contributed by atoms with van der Waals surface area (Å²) < 4.78 is 13.7. The number of nitrogens with one attached hydrogen (secondary N) is 1. The van der Waals surface area contributed by atoms with Crippen molar-refractivity contribution in [3.8, 4) is 11.1 Å². The zero-order chi connectivity index (χ0) is 34.6. The van der Waals surface area contributed by atoms with Crippen molar-refractivity contribution in [2.75, 3.05) is 20.6 Å². The van der Waals surface area contributed by atoms with Gasteiger partial charge >= 0.3 is 0 Å². The Morgan fingerprint density at radius 1 is 0.851 bits per heavy atom. The second kappa shape index (κ2) is 17.5. The van der Waals surface area contributed by atoms with Crippen molar-refractivity contribution in [2.24, 2.45) is 5.73 Å². The van der Waals surface area contributed by atoms with Gasteiger partial charge < -0.3 is 26.0 Å². The first kappa shape index (κ1) is 37.1. The van der Waals surface area contributed by atoms with Gasteiger partial charge in [0.25, 0.3) is 0 Å². The fourth-order valence-corrected chi connectivity index (χ4v) is 5.29. The minimum absolute atomic E-state index is 0.000684. The minimum atomic E-state index is -0.985. The highest BCUT2D eigenvalue weighted by Gasteiger charge is 2.35. The number of hydrogen-bond acceptors (Lipinski definition) is 5. The van der Waals surface area contributed by atoms with Crippen LogP contribution in [0.5, 0.6) is 0 Å². The number of halogens is 1. The number of amides is 3. The molecule has 8 nitrogen and oxygen atoms in total. The summed E-state index contributed by atoms with van der Waals surface area (Å²) in [5.41, 5.74) is 9.59. The first-order valence-electron chi connectivity index (χ1n) is 16.2. The maximum atomic E-state index is 14.3. The molecule has 0 unspecified atom stereocenters. The third-order valence-electron chi connectivity index (χ3n) is 8.82. The third kappa shape index (κ3) is 10.9. The highest BCUT2D eigenvalue weighted by Crippen LogP contribution is 2.22. The zero-order valence-electron chi connectivity index (χ0n) is 28.2. The number of likely N-dealkylation sites (N-methyl/N-ethyl adjacent to an activating group) is 2. The van der Waals surface area contributed by atoms with E-state index in [0.717, 1.165) is 29.5 Å². The van der Waals surface area contributed by atoms with Gasteiger partial charge in [0, 0.05) is 39.0 Å².